The van der Waals surface area contributed by atoms with Gasteiger partial charge >= 0.3 is 0 Å². The number of thiazole rings is 1. The summed E-state index contributed by atoms with van der Waals surface area (Å²) in [5.41, 5.74) is 5.20. The first-order valence-electron chi connectivity index (χ1n) is 10.6. The zero-order valence-electron chi connectivity index (χ0n) is 17.6. The third kappa shape index (κ3) is 5.19. The van der Waals surface area contributed by atoms with Gasteiger partial charge in [-0.15, -0.1) is 0 Å². The van der Waals surface area contributed by atoms with Crippen LogP contribution in [0.1, 0.15) is 50.3 Å². The van der Waals surface area contributed by atoms with Gasteiger partial charge in [0.25, 0.3) is 0 Å². The van der Waals surface area contributed by atoms with E-state index in [-0.39, 0.29) is 0 Å². The lowest BCUT2D eigenvalue weighted by Gasteiger charge is -2.05. The predicted octanol–water partition coefficient (Wildman–Crippen LogP) is 6.71. The summed E-state index contributed by atoms with van der Waals surface area (Å²) in [6.45, 7) is 4.24. The van der Waals surface area contributed by atoms with Gasteiger partial charge in [0, 0.05) is 23.7 Å². The van der Waals surface area contributed by atoms with E-state index in [1.54, 1.807) is 11.3 Å². The Morgan fingerprint density at radius 1 is 0.900 bits per heavy atom. The topological polar surface area (TPSA) is 63.6 Å². The molecule has 0 atom stereocenters. The molecule has 4 aromatic rings. The van der Waals surface area contributed by atoms with Gasteiger partial charge in [0.15, 0.2) is 5.13 Å². The number of unbranched alkanes of at least 4 members (excludes halogenated alkanes) is 4. The van der Waals surface area contributed by atoms with E-state index >= 15 is 0 Å². The van der Waals surface area contributed by atoms with E-state index < -0.39 is 0 Å². The largest absolute Gasteiger partial charge is 0.316 e. The number of nitrogens with one attached hydrogen (secondary N) is 1. The minimum atomic E-state index is 0.813. The maximum absolute atomic E-state index is 4.80. The predicted molar refractivity (Wildman–Crippen MR) is 125 cm³/mol. The van der Waals surface area contributed by atoms with E-state index in [0.29, 0.717) is 0 Å². The maximum Gasteiger partial charge on any atom is 0.190 e. The van der Waals surface area contributed by atoms with Crippen molar-refractivity contribution in [2.24, 2.45) is 0 Å². The summed E-state index contributed by atoms with van der Waals surface area (Å²) in [5, 5.41) is 4.17. The SMILES string of the molecule is CCCCCCCc1ccnc(Nc2nc3ccc(-c4ccnc(C)c4)nc3s2)c1. The Bertz CT molecular complexity index is 1120. The lowest BCUT2D eigenvalue weighted by atomic mass is 10.1. The van der Waals surface area contributed by atoms with Gasteiger partial charge < -0.3 is 5.32 Å². The Kier molecular flexibility index (Phi) is 6.64. The number of hydrogen-bond donors (Lipinski definition) is 1. The minimum absolute atomic E-state index is 0.813. The molecule has 0 bridgehead atoms. The van der Waals surface area contributed by atoms with E-state index in [9.17, 15) is 0 Å². The van der Waals surface area contributed by atoms with Crippen molar-refractivity contribution in [3.63, 3.8) is 0 Å². The van der Waals surface area contributed by atoms with E-state index in [1.165, 1.54) is 37.7 Å². The molecule has 4 aromatic heterocycles. The molecule has 0 amide bonds. The van der Waals surface area contributed by atoms with Crippen LogP contribution in [0.25, 0.3) is 21.6 Å². The average molecular weight is 418 g/mol. The summed E-state index contributed by atoms with van der Waals surface area (Å²) in [5.74, 6) is 0.838. The number of aryl methyl sites for hydroxylation is 2. The molecule has 6 heteroatoms. The van der Waals surface area contributed by atoms with Gasteiger partial charge in [0.2, 0.25) is 0 Å². The Morgan fingerprint density at radius 3 is 2.63 bits per heavy atom. The Balaban J connectivity index is 1.46. The van der Waals surface area contributed by atoms with Crippen LogP contribution in [-0.4, -0.2) is 19.9 Å². The van der Waals surface area contributed by atoms with Crippen LogP contribution >= 0.6 is 11.3 Å². The molecule has 5 nitrogen and oxygen atoms in total. The molecule has 4 heterocycles. The van der Waals surface area contributed by atoms with Gasteiger partial charge in [-0.05, 0) is 61.7 Å². The number of aromatic nitrogens is 4. The molecule has 1 N–H and O–H groups in total. The summed E-state index contributed by atoms with van der Waals surface area (Å²) in [4.78, 5) is 19.1. The van der Waals surface area contributed by atoms with E-state index in [0.717, 1.165) is 44.7 Å². The number of anilines is 2. The standard InChI is InChI=1S/C24H27N5S/c1-3-4-5-6-7-8-18-11-13-26-22(16-18)29-24-28-21-10-9-20(27-23(21)30-24)19-12-14-25-17(2)15-19/h9-16H,3-8H2,1-2H3,(H,26,28,29). The molecule has 0 fully saturated rings. The quantitative estimate of drug-likeness (QED) is 0.306. The highest BCUT2D eigenvalue weighted by Gasteiger charge is 2.09. The van der Waals surface area contributed by atoms with Crippen LogP contribution < -0.4 is 5.32 Å². The summed E-state index contributed by atoms with van der Waals surface area (Å²) in [7, 11) is 0. The molecule has 0 unspecified atom stereocenters. The molecule has 154 valence electrons. The van der Waals surface area contributed by atoms with Crippen LogP contribution in [0, 0.1) is 6.92 Å². The second-order valence-electron chi connectivity index (χ2n) is 7.56. The van der Waals surface area contributed by atoms with Crippen molar-refractivity contribution in [1.82, 2.24) is 19.9 Å². The fourth-order valence-electron chi connectivity index (χ4n) is 3.48. The monoisotopic (exact) mass is 417 g/mol. The van der Waals surface area contributed by atoms with E-state index in [4.69, 9.17) is 4.98 Å². The molecular formula is C24H27N5S. The first-order chi connectivity index (χ1) is 14.7. The molecular weight excluding hydrogens is 390 g/mol. The van der Waals surface area contributed by atoms with Crippen molar-refractivity contribution in [2.75, 3.05) is 5.32 Å². The van der Waals surface area contributed by atoms with Crippen LogP contribution in [0.4, 0.5) is 10.9 Å². The smallest absolute Gasteiger partial charge is 0.190 e. The summed E-state index contributed by atoms with van der Waals surface area (Å²) in [6.07, 6.45) is 11.2. The molecule has 0 spiro atoms. The molecule has 4 rings (SSSR count). The summed E-state index contributed by atoms with van der Waals surface area (Å²) < 4.78 is 0. The molecule has 30 heavy (non-hydrogen) atoms. The lowest BCUT2D eigenvalue weighted by Crippen LogP contribution is -1.95. The second-order valence-corrected chi connectivity index (χ2v) is 8.54. The fourth-order valence-corrected chi connectivity index (χ4v) is 4.32. The molecule has 0 aliphatic rings. The van der Waals surface area contributed by atoms with Crippen molar-refractivity contribution in [2.45, 2.75) is 52.4 Å². The van der Waals surface area contributed by atoms with Crippen molar-refractivity contribution in [3.8, 4) is 11.3 Å². The van der Waals surface area contributed by atoms with Crippen LogP contribution in [0.15, 0.2) is 48.8 Å². The third-order valence-corrected chi connectivity index (χ3v) is 5.96. The summed E-state index contributed by atoms with van der Waals surface area (Å²) in [6, 6.07) is 12.3. The van der Waals surface area contributed by atoms with Crippen molar-refractivity contribution < 1.29 is 0 Å². The van der Waals surface area contributed by atoms with Gasteiger partial charge in [-0.1, -0.05) is 43.9 Å². The maximum atomic E-state index is 4.80. The van der Waals surface area contributed by atoms with Crippen LogP contribution in [0.3, 0.4) is 0 Å². The molecule has 0 aromatic carbocycles. The van der Waals surface area contributed by atoms with Gasteiger partial charge in [-0.3, -0.25) is 4.98 Å². The zero-order chi connectivity index (χ0) is 20.8. The van der Waals surface area contributed by atoms with Gasteiger partial charge in [0.05, 0.1) is 5.69 Å². The number of hydrogen-bond acceptors (Lipinski definition) is 6. The highest BCUT2D eigenvalue weighted by Crippen LogP contribution is 2.29. The average Bonchev–Trinajstić information content (AvgIpc) is 3.15. The Morgan fingerprint density at radius 2 is 1.77 bits per heavy atom. The van der Waals surface area contributed by atoms with Crippen LogP contribution in [0.5, 0.6) is 0 Å². The van der Waals surface area contributed by atoms with E-state index in [1.807, 2.05) is 43.6 Å². The third-order valence-electron chi connectivity index (χ3n) is 5.08. The van der Waals surface area contributed by atoms with Gasteiger partial charge in [-0.2, -0.15) is 0 Å². The summed E-state index contributed by atoms with van der Waals surface area (Å²) >= 11 is 1.55. The first kappa shape index (κ1) is 20.4. The molecule has 0 aliphatic carbocycles. The fraction of sp³-hybridized carbons (Fsp3) is 0.333. The zero-order valence-corrected chi connectivity index (χ0v) is 18.4. The van der Waals surface area contributed by atoms with Gasteiger partial charge in [-0.25, -0.2) is 15.0 Å². The Labute approximate surface area is 181 Å². The number of nitrogens with zero attached hydrogens (tertiary/aromatic N) is 4. The Hall–Kier alpha value is -2.86. The first-order valence-corrected chi connectivity index (χ1v) is 11.5. The highest BCUT2D eigenvalue weighted by molar-refractivity contribution is 7.21. The molecule has 0 saturated heterocycles. The second kappa shape index (κ2) is 9.76. The normalized spacial score (nSPS) is 11.1. The molecule has 0 aliphatic heterocycles. The van der Waals surface area contributed by atoms with E-state index in [2.05, 4.69) is 39.3 Å². The van der Waals surface area contributed by atoms with Gasteiger partial charge in [0.1, 0.15) is 16.2 Å². The lowest BCUT2D eigenvalue weighted by molar-refractivity contribution is 0.632. The van der Waals surface area contributed by atoms with Crippen LogP contribution in [0.2, 0.25) is 0 Å². The molecule has 0 radical (unpaired) electrons. The van der Waals surface area contributed by atoms with Crippen molar-refractivity contribution in [3.05, 3.63) is 60.0 Å². The number of pyridine rings is 3. The van der Waals surface area contributed by atoms with Crippen LogP contribution in [-0.2, 0) is 6.42 Å². The minimum Gasteiger partial charge on any atom is -0.316 e. The highest BCUT2D eigenvalue weighted by atomic mass is 32.1. The van der Waals surface area contributed by atoms with Crippen molar-refractivity contribution in [1.29, 1.82) is 0 Å². The number of fused-ring (bicyclic) bond motifs is 1. The number of rotatable bonds is 9. The molecule has 0 saturated carbocycles. The van der Waals surface area contributed by atoms with Crippen molar-refractivity contribution >= 4 is 32.6 Å².